The molecule has 0 bridgehead atoms. The summed E-state index contributed by atoms with van der Waals surface area (Å²) in [7, 11) is 0. The minimum Gasteiger partial charge on any atom is -0.292 e. The van der Waals surface area contributed by atoms with Crippen LogP contribution in [0.1, 0.15) is 43.6 Å². The monoisotopic (exact) mass is 494 g/mol. The Morgan fingerprint density at radius 2 is 1.36 bits per heavy atom. The van der Waals surface area contributed by atoms with E-state index in [2.05, 4.69) is 42.8 Å². The first-order chi connectivity index (χ1) is 17.7. The summed E-state index contributed by atoms with van der Waals surface area (Å²) < 4.78 is 8.82. The van der Waals surface area contributed by atoms with Gasteiger partial charge in [0.1, 0.15) is 0 Å². The Morgan fingerprint density at radius 3 is 1.94 bits per heavy atom. The van der Waals surface area contributed by atoms with E-state index in [9.17, 15) is 9.59 Å². The van der Waals surface area contributed by atoms with E-state index in [0.29, 0.717) is 24.2 Å². The van der Waals surface area contributed by atoms with E-state index in [1.54, 1.807) is 12.1 Å². The number of hydrogen-bond acceptors (Lipinski definition) is 7. The lowest BCUT2D eigenvalue weighted by Gasteiger charge is -2.45. The maximum atomic E-state index is 14.0. The molecule has 36 heavy (non-hydrogen) atoms. The molecule has 6 nitrogen and oxygen atoms in total. The fourth-order valence-corrected chi connectivity index (χ4v) is 6.19. The number of aromatic nitrogens is 2. The lowest BCUT2D eigenvalue weighted by atomic mass is 9.82. The molecule has 1 atom stereocenters. The maximum absolute atomic E-state index is 14.0. The molecule has 4 aromatic rings. The van der Waals surface area contributed by atoms with E-state index in [0.717, 1.165) is 30.8 Å². The number of benzene rings is 3. The molecule has 0 amide bonds. The maximum Gasteiger partial charge on any atom is 0.196 e. The molecule has 180 valence electrons. The number of rotatable bonds is 6. The molecule has 0 N–H and O–H groups in total. The Bertz CT molecular complexity index is 1330. The fourth-order valence-electron chi connectivity index (χ4n) is 5.73. The minimum atomic E-state index is -1.31. The Hall–Kier alpha value is -3.52. The van der Waals surface area contributed by atoms with Crippen LogP contribution in [-0.4, -0.2) is 56.3 Å². The van der Waals surface area contributed by atoms with Crippen LogP contribution < -0.4 is 0 Å². The summed E-state index contributed by atoms with van der Waals surface area (Å²) in [6.07, 6.45) is 2.69. The molecule has 1 unspecified atom stereocenters. The Balaban J connectivity index is 1.31. The molecule has 3 aromatic carbocycles. The fraction of sp³-hybridized carbons (Fsp3) is 0.241. The predicted molar refractivity (Wildman–Crippen MR) is 139 cm³/mol. The van der Waals surface area contributed by atoms with Crippen LogP contribution in [0.2, 0.25) is 0 Å². The smallest absolute Gasteiger partial charge is 0.196 e. The highest BCUT2D eigenvalue weighted by Gasteiger charge is 2.58. The Labute approximate surface area is 214 Å². The van der Waals surface area contributed by atoms with Crippen molar-refractivity contribution < 1.29 is 9.59 Å². The molecule has 2 aliphatic rings. The highest BCUT2D eigenvalue weighted by atomic mass is 32.1. The lowest BCUT2D eigenvalue weighted by molar-refractivity contribution is 0.0204. The van der Waals surface area contributed by atoms with Crippen LogP contribution in [0.25, 0.3) is 0 Å². The number of hydrogen-bond donors (Lipinski definition) is 0. The molecule has 0 spiro atoms. The van der Waals surface area contributed by atoms with Crippen molar-refractivity contribution in [1.29, 1.82) is 0 Å². The van der Waals surface area contributed by atoms with Crippen molar-refractivity contribution in [3.05, 3.63) is 119 Å². The second-order valence-electron chi connectivity index (χ2n) is 9.34. The number of piperazine rings is 1. The predicted octanol–water partition coefficient (Wildman–Crippen LogP) is 4.41. The third-order valence-electron chi connectivity index (χ3n) is 7.49. The van der Waals surface area contributed by atoms with Gasteiger partial charge in [0.05, 0.1) is 29.7 Å². The zero-order valence-corrected chi connectivity index (χ0v) is 20.6. The normalized spacial score (nSPS) is 18.8. The number of fused-ring (bicyclic) bond motifs is 1. The topological polar surface area (TPSA) is 66.4 Å². The number of nitrogens with zero attached hydrogens (tertiary/aromatic N) is 4. The molecule has 0 saturated carbocycles. The van der Waals surface area contributed by atoms with Gasteiger partial charge in [0.25, 0.3) is 0 Å². The molecule has 1 saturated heterocycles. The van der Waals surface area contributed by atoms with Gasteiger partial charge in [0.2, 0.25) is 0 Å². The van der Waals surface area contributed by atoms with E-state index < -0.39 is 5.54 Å². The third kappa shape index (κ3) is 3.71. The number of Topliss-reactive ketones (excluding diaryl/α,β-unsaturated/α-hetero) is 2. The summed E-state index contributed by atoms with van der Waals surface area (Å²) in [5, 5.41) is 0. The van der Waals surface area contributed by atoms with E-state index >= 15 is 0 Å². The summed E-state index contributed by atoms with van der Waals surface area (Å²) in [6, 6.07) is 27.3. The van der Waals surface area contributed by atoms with Crippen molar-refractivity contribution in [2.75, 3.05) is 26.2 Å². The summed E-state index contributed by atoms with van der Waals surface area (Å²) in [5.41, 5.74) is 2.68. The van der Waals surface area contributed by atoms with Crippen LogP contribution in [0.15, 0.2) is 91.1 Å². The van der Waals surface area contributed by atoms with Gasteiger partial charge >= 0.3 is 0 Å². The van der Waals surface area contributed by atoms with Gasteiger partial charge in [-0.05, 0) is 17.5 Å². The molecule has 7 heteroatoms. The molecule has 6 rings (SSSR count). The SMILES string of the molecule is O=C1c2ccccc2C(=O)C1(c1ccccc1)N1CCN(C(Cc2ccccc2)c2cnsn2)CC1. The molecule has 1 aliphatic carbocycles. The summed E-state index contributed by atoms with van der Waals surface area (Å²) in [4.78, 5) is 32.5. The van der Waals surface area contributed by atoms with E-state index in [-0.39, 0.29) is 17.6 Å². The van der Waals surface area contributed by atoms with Gasteiger partial charge in [0, 0.05) is 37.3 Å². The van der Waals surface area contributed by atoms with Gasteiger partial charge in [-0.15, -0.1) is 0 Å². The number of carbonyl (C=O) groups excluding carboxylic acids is 2. The molecule has 1 aromatic heterocycles. The van der Waals surface area contributed by atoms with Crippen molar-refractivity contribution in [3.8, 4) is 0 Å². The van der Waals surface area contributed by atoms with Crippen LogP contribution in [0.5, 0.6) is 0 Å². The van der Waals surface area contributed by atoms with Crippen molar-refractivity contribution in [2.45, 2.75) is 18.0 Å². The van der Waals surface area contributed by atoms with E-state index in [4.69, 9.17) is 0 Å². The Kier molecular flexibility index (Phi) is 6.05. The quantitative estimate of drug-likeness (QED) is 0.370. The van der Waals surface area contributed by atoms with Gasteiger partial charge in [0.15, 0.2) is 17.1 Å². The molecular weight excluding hydrogens is 468 g/mol. The van der Waals surface area contributed by atoms with Crippen molar-refractivity contribution in [1.82, 2.24) is 18.5 Å². The van der Waals surface area contributed by atoms with Crippen molar-refractivity contribution in [3.63, 3.8) is 0 Å². The number of carbonyl (C=O) groups is 2. The van der Waals surface area contributed by atoms with Crippen LogP contribution in [0, 0.1) is 0 Å². The third-order valence-corrected chi connectivity index (χ3v) is 7.98. The van der Waals surface area contributed by atoms with Gasteiger partial charge in [-0.25, -0.2) is 0 Å². The number of ketones is 2. The average Bonchev–Trinajstić information content (AvgIpc) is 3.55. The lowest BCUT2D eigenvalue weighted by Crippen LogP contribution is -2.60. The van der Waals surface area contributed by atoms with E-state index in [1.165, 1.54) is 17.3 Å². The van der Waals surface area contributed by atoms with Crippen molar-refractivity contribution >= 4 is 23.3 Å². The average molecular weight is 495 g/mol. The largest absolute Gasteiger partial charge is 0.292 e. The van der Waals surface area contributed by atoms with Gasteiger partial charge in [-0.3, -0.25) is 19.4 Å². The second-order valence-corrected chi connectivity index (χ2v) is 9.90. The first-order valence-electron chi connectivity index (χ1n) is 12.2. The van der Waals surface area contributed by atoms with E-state index in [1.807, 2.05) is 54.7 Å². The Morgan fingerprint density at radius 1 is 0.778 bits per heavy atom. The first kappa shape index (κ1) is 22.9. The first-order valence-corrected chi connectivity index (χ1v) is 13.0. The van der Waals surface area contributed by atoms with Crippen molar-refractivity contribution in [2.24, 2.45) is 0 Å². The van der Waals surface area contributed by atoms with Gasteiger partial charge < -0.3 is 0 Å². The second kappa shape index (κ2) is 9.50. The highest BCUT2D eigenvalue weighted by molar-refractivity contribution is 6.99. The van der Waals surface area contributed by atoms with Crippen LogP contribution in [0.4, 0.5) is 0 Å². The summed E-state index contributed by atoms with van der Waals surface area (Å²) in [5.74, 6) is -0.237. The molecular formula is C29H26N4O2S. The van der Waals surface area contributed by atoms with Crippen LogP contribution in [-0.2, 0) is 12.0 Å². The van der Waals surface area contributed by atoms with Gasteiger partial charge in [-0.2, -0.15) is 8.75 Å². The zero-order valence-electron chi connectivity index (χ0n) is 19.8. The standard InChI is InChI=1S/C29H26N4O2S/c34-27-23-13-7-8-14-24(23)28(35)29(27,22-11-5-2-6-12-22)33-17-15-32(16-18-33)26(25-20-30-36-31-25)19-21-9-3-1-4-10-21/h1-14,20,26H,15-19H2. The summed E-state index contributed by atoms with van der Waals surface area (Å²) in [6.45, 7) is 2.65. The minimum absolute atomic E-state index is 0.0909. The molecule has 2 heterocycles. The molecule has 0 radical (unpaired) electrons. The molecule has 1 aliphatic heterocycles. The molecule has 1 fully saturated rings. The highest BCUT2D eigenvalue weighted by Crippen LogP contribution is 2.43. The van der Waals surface area contributed by atoms with Crippen LogP contribution in [0.3, 0.4) is 0 Å². The van der Waals surface area contributed by atoms with Crippen LogP contribution >= 0.6 is 11.7 Å². The zero-order chi connectivity index (χ0) is 24.5. The summed E-state index contributed by atoms with van der Waals surface area (Å²) >= 11 is 1.23. The van der Waals surface area contributed by atoms with Gasteiger partial charge in [-0.1, -0.05) is 84.9 Å².